The Balaban J connectivity index is 0.00000324. The maximum absolute atomic E-state index is 4.54. The highest BCUT2D eigenvalue weighted by atomic mass is 127. The zero-order chi connectivity index (χ0) is 13.2. The molecule has 0 amide bonds. The van der Waals surface area contributed by atoms with E-state index in [1.807, 2.05) is 29.6 Å². The summed E-state index contributed by atoms with van der Waals surface area (Å²) in [6.45, 7) is 4.55. The number of nitrogens with zero attached hydrogens (tertiary/aromatic N) is 3. The second kappa shape index (κ2) is 11.4. The maximum atomic E-state index is 4.54. The average molecular weight is 397 g/mol. The van der Waals surface area contributed by atoms with Crippen LogP contribution in [0.5, 0.6) is 0 Å². The lowest BCUT2D eigenvalue weighted by atomic mass is 10.4. The Morgan fingerprint density at radius 2 is 2.26 bits per heavy atom. The third kappa shape index (κ3) is 7.66. The highest BCUT2D eigenvalue weighted by Gasteiger charge is 1.99. The first-order chi connectivity index (χ1) is 8.77. The monoisotopic (exact) mass is 397 g/mol. The van der Waals surface area contributed by atoms with E-state index in [2.05, 4.69) is 33.9 Å². The zero-order valence-electron chi connectivity index (χ0n) is 11.8. The SMILES string of the molecule is CCNC(=NCc1ccnn1C)NCCCSC.I. The van der Waals surface area contributed by atoms with Crippen molar-refractivity contribution < 1.29 is 0 Å². The minimum atomic E-state index is 0. The smallest absolute Gasteiger partial charge is 0.191 e. The fourth-order valence-corrected chi connectivity index (χ4v) is 1.91. The Hall–Kier alpha value is -0.440. The van der Waals surface area contributed by atoms with Crippen molar-refractivity contribution in [1.82, 2.24) is 20.4 Å². The molecule has 0 atom stereocenters. The second-order valence-corrected chi connectivity index (χ2v) is 4.90. The molecule has 19 heavy (non-hydrogen) atoms. The number of hydrogen-bond acceptors (Lipinski definition) is 3. The molecule has 0 saturated carbocycles. The van der Waals surface area contributed by atoms with Crippen LogP contribution in [0.1, 0.15) is 19.0 Å². The van der Waals surface area contributed by atoms with Crippen LogP contribution in [0.25, 0.3) is 0 Å². The third-order valence-corrected chi connectivity index (χ3v) is 3.18. The van der Waals surface area contributed by atoms with Crippen LogP contribution in [-0.4, -0.2) is 40.8 Å². The fraction of sp³-hybridized carbons (Fsp3) is 0.667. The number of nitrogens with one attached hydrogen (secondary N) is 2. The summed E-state index contributed by atoms with van der Waals surface area (Å²) in [5, 5.41) is 10.7. The molecule has 0 spiro atoms. The van der Waals surface area contributed by atoms with Crippen molar-refractivity contribution in [3.63, 3.8) is 0 Å². The van der Waals surface area contributed by atoms with E-state index in [1.165, 1.54) is 5.75 Å². The Bertz CT molecular complexity index is 367. The van der Waals surface area contributed by atoms with Crippen LogP contribution in [0.4, 0.5) is 0 Å². The first-order valence-corrected chi connectivity index (χ1v) is 7.65. The maximum Gasteiger partial charge on any atom is 0.191 e. The van der Waals surface area contributed by atoms with Crippen molar-refractivity contribution in [1.29, 1.82) is 0 Å². The van der Waals surface area contributed by atoms with Gasteiger partial charge in [-0.15, -0.1) is 24.0 Å². The standard InChI is InChI=1S/C12H23N5S.HI/c1-4-13-12(14-7-5-9-18-3)15-10-11-6-8-16-17(11)2;/h6,8H,4-5,7,9-10H2,1-3H3,(H2,13,14,15);1H. The summed E-state index contributed by atoms with van der Waals surface area (Å²) in [7, 11) is 1.93. The van der Waals surface area contributed by atoms with Crippen molar-refractivity contribution in [2.45, 2.75) is 19.9 Å². The molecule has 7 heteroatoms. The minimum absolute atomic E-state index is 0. The van der Waals surface area contributed by atoms with E-state index in [1.54, 1.807) is 6.20 Å². The lowest BCUT2D eigenvalue weighted by Gasteiger charge is -2.10. The third-order valence-electron chi connectivity index (χ3n) is 2.48. The van der Waals surface area contributed by atoms with E-state index < -0.39 is 0 Å². The number of aromatic nitrogens is 2. The van der Waals surface area contributed by atoms with Crippen molar-refractivity contribution in [3.05, 3.63) is 18.0 Å². The van der Waals surface area contributed by atoms with Gasteiger partial charge in [0.1, 0.15) is 0 Å². The molecule has 1 heterocycles. The molecule has 0 aliphatic heterocycles. The quantitative estimate of drug-likeness (QED) is 0.319. The molecule has 110 valence electrons. The molecule has 0 aliphatic rings. The van der Waals surface area contributed by atoms with Crippen LogP contribution in [0.15, 0.2) is 17.3 Å². The number of hydrogen-bond donors (Lipinski definition) is 2. The van der Waals surface area contributed by atoms with E-state index in [4.69, 9.17) is 0 Å². The van der Waals surface area contributed by atoms with Gasteiger partial charge in [0, 0.05) is 26.3 Å². The van der Waals surface area contributed by atoms with Gasteiger partial charge in [-0.05, 0) is 31.4 Å². The largest absolute Gasteiger partial charge is 0.357 e. The van der Waals surface area contributed by atoms with Gasteiger partial charge in [-0.3, -0.25) is 4.68 Å². The van der Waals surface area contributed by atoms with E-state index >= 15 is 0 Å². The van der Waals surface area contributed by atoms with Gasteiger partial charge in [-0.25, -0.2) is 4.99 Å². The van der Waals surface area contributed by atoms with E-state index in [-0.39, 0.29) is 24.0 Å². The first-order valence-electron chi connectivity index (χ1n) is 6.26. The van der Waals surface area contributed by atoms with Crippen LogP contribution < -0.4 is 10.6 Å². The molecular formula is C12H24IN5S. The molecule has 5 nitrogen and oxygen atoms in total. The number of rotatable bonds is 7. The average Bonchev–Trinajstić information content (AvgIpc) is 2.77. The number of aryl methyl sites for hydroxylation is 1. The van der Waals surface area contributed by atoms with Crippen LogP contribution >= 0.6 is 35.7 Å². The fourth-order valence-electron chi connectivity index (χ4n) is 1.48. The van der Waals surface area contributed by atoms with Crippen LogP contribution in [-0.2, 0) is 13.6 Å². The molecule has 1 aromatic heterocycles. The highest BCUT2D eigenvalue weighted by Crippen LogP contribution is 1.98. The Kier molecular flexibility index (Phi) is 11.1. The molecule has 0 radical (unpaired) electrons. The topological polar surface area (TPSA) is 54.2 Å². The number of guanidine groups is 1. The highest BCUT2D eigenvalue weighted by molar-refractivity contribution is 14.0. The van der Waals surface area contributed by atoms with Crippen molar-refractivity contribution in [2.75, 3.05) is 25.1 Å². The van der Waals surface area contributed by atoms with Crippen LogP contribution in [0.3, 0.4) is 0 Å². The zero-order valence-corrected chi connectivity index (χ0v) is 15.0. The Labute approximate surface area is 137 Å². The van der Waals surface area contributed by atoms with Gasteiger partial charge in [0.2, 0.25) is 0 Å². The van der Waals surface area contributed by atoms with Crippen LogP contribution in [0.2, 0.25) is 0 Å². The first kappa shape index (κ1) is 18.6. The van der Waals surface area contributed by atoms with Gasteiger partial charge in [-0.2, -0.15) is 16.9 Å². The van der Waals surface area contributed by atoms with Gasteiger partial charge >= 0.3 is 0 Å². The van der Waals surface area contributed by atoms with Crippen molar-refractivity contribution in [2.24, 2.45) is 12.0 Å². The number of halogens is 1. The predicted molar refractivity (Wildman–Crippen MR) is 94.4 cm³/mol. The molecule has 0 fully saturated rings. The Morgan fingerprint density at radius 1 is 1.47 bits per heavy atom. The molecule has 2 N–H and O–H groups in total. The van der Waals surface area contributed by atoms with Crippen LogP contribution in [0, 0.1) is 0 Å². The second-order valence-electron chi connectivity index (χ2n) is 3.91. The van der Waals surface area contributed by atoms with Crippen molar-refractivity contribution >= 4 is 41.7 Å². The molecule has 0 unspecified atom stereocenters. The van der Waals surface area contributed by atoms with Gasteiger partial charge in [0.15, 0.2) is 5.96 Å². The number of aliphatic imine (C=N–C) groups is 1. The van der Waals surface area contributed by atoms with Gasteiger partial charge < -0.3 is 10.6 Å². The summed E-state index contributed by atoms with van der Waals surface area (Å²) in [5.41, 5.74) is 1.11. The summed E-state index contributed by atoms with van der Waals surface area (Å²) in [5.74, 6) is 2.05. The van der Waals surface area contributed by atoms with Gasteiger partial charge in [0.05, 0.1) is 12.2 Å². The summed E-state index contributed by atoms with van der Waals surface area (Å²) in [6.07, 6.45) is 5.07. The molecular weight excluding hydrogens is 373 g/mol. The Morgan fingerprint density at radius 3 is 2.84 bits per heavy atom. The lowest BCUT2D eigenvalue weighted by Crippen LogP contribution is -2.37. The van der Waals surface area contributed by atoms with Gasteiger partial charge in [0.25, 0.3) is 0 Å². The van der Waals surface area contributed by atoms with E-state index in [0.717, 1.165) is 31.2 Å². The normalized spacial score (nSPS) is 11.0. The summed E-state index contributed by atoms with van der Waals surface area (Å²) < 4.78 is 1.85. The van der Waals surface area contributed by atoms with E-state index in [9.17, 15) is 0 Å². The molecule has 0 aliphatic carbocycles. The molecule has 0 bridgehead atoms. The van der Waals surface area contributed by atoms with E-state index in [0.29, 0.717) is 6.54 Å². The number of thioether (sulfide) groups is 1. The predicted octanol–water partition coefficient (Wildman–Crippen LogP) is 1.85. The summed E-state index contributed by atoms with van der Waals surface area (Å²) in [6, 6.07) is 1.99. The van der Waals surface area contributed by atoms with Gasteiger partial charge in [-0.1, -0.05) is 0 Å². The summed E-state index contributed by atoms with van der Waals surface area (Å²) in [4.78, 5) is 4.54. The summed E-state index contributed by atoms with van der Waals surface area (Å²) >= 11 is 1.87. The molecule has 1 aromatic rings. The van der Waals surface area contributed by atoms with Crippen molar-refractivity contribution in [3.8, 4) is 0 Å². The minimum Gasteiger partial charge on any atom is -0.357 e. The lowest BCUT2D eigenvalue weighted by molar-refractivity contribution is 0.706. The molecule has 1 rings (SSSR count). The molecule has 0 aromatic carbocycles. The molecule has 0 saturated heterocycles.